The van der Waals surface area contributed by atoms with Crippen molar-refractivity contribution in [1.29, 1.82) is 0 Å². The monoisotopic (exact) mass is 370 g/mol. The second kappa shape index (κ2) is 6.59. The molecule has 7 nitrogen and oxygen atoms in total. The van der Waals surface area contributed by atoms with Crippen LogP contribution in [0.15, 0.2) is 6.33 Å². The zero-order valence-corrected chi connectivity index (χ0v) is 15.7. The summed E-state index contributed by atoms with van der Waals surface area (Å²) in [7, 11) is 0. The van der Waals surface area contributed by atoms with Crippen LogP contribution in [0.4, 0.5) is 5.82 Å². The molecule has 3 aromatic rings. The lowest BCUT2D eigenvalue weighted by Gasteiger charge is -2.33. The number of rotatable bonds is 3. The van der Waals surface area contributed by atoms with E-state index in [1.807, 2.05) is 11.3 Å². The minimum absolute atomic E-state index is 0.125. The average Bonchev–Trinajstić information content (AvgIpc) is 3.32. The van der Waals surface area contributed by atoms with Gasteiger partial charge in [-0.25, -0.2) is 15.0 Å². The summed E-state index contributed by atoms with van der Waals surface area (Å²) in [5.41, 5.74) is 1.47. The Morgan fingerprint density at radius 1 is 1.31 bits per heavy atom. The molecule has 1 aliphatic carbocycles. The van der Waals surface area contributed by atoms with Gasteiger partial charge in [0.1, 0.15) is 28.9 Å². The second-order valence-corrected chi connectivity index (χ2v) is 7.97. The fourth-order valence-corrected chi connectivity index (χ4v) is 5.15. The number of anilines is 1. The highest BCUT2D eigenvalue weighted by molar-refractivity contribution is 7.19. The van der Waals surface area contributed by atoms with Crippen molar-refractivity contribution >= 4 is 27.4 Å². The Balaban J connectivity index is 1.50. The highest BCUT2D eigenvalue weighted by Crippen LogP contribution is 2.40. The van der Waals surface area contributed by atoms with Crippen molar-refractivity contribution in [2.24, 2.45) is 0 Å². The minimum atomic E-state index is -0.125. The lowest BCUT2D eigenvalue weighted by Crippen LogP contribution is -2.39. The summed E-state index contributed by atoms with van der Waals surface area (Å²) >= 11 is 1.84. The van der Waals surface area contributed by atoms with Crippen molar-refractivity contribution in [3.8, 4) is 0 Å². The van der Waals surface area contributed by atoms with Gasteiger partial charge in [0.15, 0.2) is 5.82 Å². The summed E-state index contributed by atoms with van der Waals surface area (Å²) in [6, 6.07) is 0. The van der Waals surface area contributed by atoms with E-state index in [-0.39, 0.29) is 6.10 Å². The maximum absolute atomic E-state index is 5.95. The molecule has 5 rings (SSSR count). The second-order valence-electron chi connectivity index (χ2n) is 6.89. The van der Waals surface area contributed by atoms with Crippen LogP contribution in [0, 0.1) is 0 Å². The number of aromatic amines is 1. The van der Waals surface area contributed by atoms with E-state index < -0.39 is 0 Å². The molecule has 1 fully saturated rings. The molecule has 0 radical (unpaired) electrons. The number of hydrogen-bond donors (Lipinski definition) is 1. The zero-order valence-electron chi connectivity index (χ0n) is 14.9. The van der Waals surface area contributed by atoms with Crippen molar-refractivity contribution in [2.75, 3.05) is 24.6 Å². The first-order valence-electron chi connectivity index (χ1n) is 9.36. The molecule has 4 heterocycles. The first-order chi connectivity index (χ1) is 12.8. The van der Waals surface area contributed by atoms with Crippen molar-refractivity contribution < 1.29 is 4.74 Å². The van der Waals surface area contributed by atoms with E-state index in [4.69, 9.17) is 4.74 Å². The van der Waals surface area contributed by atoms with Crippen LogP contribution in [0.1, 0.15) is 48.0 Å². The molecule has 2 aliphatic rings. The predicted octanol–water partition coefficient (Wildman–Crippen LogP) is 2.83. The molecule has 0 bridgehead atoms. The van der Waals surface area contributed by atoms with E-state index >= 15 is 0 Å². The molecular weight excluding hydrogens is 348 g/mol. The van der Waals surface area contributed by atoms with E-state index in [0.29, 0.717) is 6.61 Å². The molecule has 136 valence electrons. The Bertz CT molecular complexity index is 935. The number of H-pyrrole nitrogens is 1. The average molecular weight is 370 g/mol. The van der Waals surface area contributed by atoms with Gasteiger partial charge in [0.25, 0.3) is 0 Å². The molecule has 1 aliphatic heterocycles. The van der Waals surface area contributed by atoms with Crippen LogP contribution in [0.3, 0.4) is 0 Å². The maximum Gasteiger partial charge on any atom is 0.181 e. The summed E-state index contributed by atoms with van der Waals surface area (Å²) < 4.78 is 5.95. The standard InChI is InChI=1S/C18H22N6OS/c1-2-14-21-16(23-22-14)12-9-24(7-8-25-12)17-15-11-5-3-4-6-13(11)26-18(15)20-10-19-17/h10,12H,2-9H2,1H3,(H,21,22,23). The van der Waals surface area contributed by atoms with Crippen LogP contribution in [0.25, 0.3) is 10.2 Å². The molecule has 1 unspecified atom stereocenters. The summed E-state index contributed by atoms with van der Waals surface area (Å²) in [5, 5.41) is 8.59. The predicted molar refractivity (Wildman–Crippen MR) is 101 cm³/mol. The summed E-state index contributed by atoms with van der Waals surface area (Å²) in [6.07, 6.45) is 7.29. The van der Waals surface area contributed by atoms with Gasteiger partial charge in [0, 0.05) is 17.8 Å². The van der Waals surface area contributed by atoms with Gasteiger partial charge in [-0.1, -0.05) is 6.92 Å². The van der Waals surface area contributed by atoms with E-state index in [1.54, 1.807) is 6.33 Å². The highest BCUT2D eigenvalue weighted by Gasteiger charge is 2.29. The van der Waals surface area contributed by atoms with Crippen LogP contribution in [0.5, 0.6) is 0 Å². The molecule has 0 aromatic carbocycles. The Labute approximate surface area is 155 Å². The van der Waals surface area contributed by atoms with E-state index in [2.05, 4.69) is 37.0 Å². The Morgan fingerprint density at radius 2 is 2.23 bits per heavy atom. The fourth-order valence-electron chi connectivity index (χ4n) is 3.92. The van der Waals surface area contributed by atoms with Gasteiger partial charge >= 0.3 is 0 Å². The Morgan fingerprint density at radius 3 is 3.12 bits per heavy atom. The first-order valence-corrected chi connectivity index (χ1v) is 10.2. The first kappa shape index (κ1) is 16.1. The Hall–Kier alpha value is -2.06. The normalized spacial score (nSPS) is 20.5. The van der Waals surface area contributed by atoms with Crippen LogP contribution in [0.2, 0.25) is 0 Å². The molecule has 0 spiro atoms. The fraction of sp³-hybridized carbons (Fsp3) is 0.556. The molecular formula is C18H22N6OS. The summed E-state index contributed by atoms with van der Waals surface area (Å²) in [5.74, 6) is 2.69. The van der Waals surface area contributed by atoms with Gasteiger partial charge in [-0.05, 0) is 31.2 Å². The largest absolute Gasteiger partial charge is 0.366 e. The summed E-state index contributed by atoms with van der Waals surface area (Å²) in [6.45, 7) is 4.27. The Kier molecular flexibility index (Phi) is 4.09. The van der Waals surface area contributed by atoms with Crippen LogP contribution in [-0.2, 0) is 24.0 Å². The van der Waals surface area contributed by atoms with Crippen molar-refractivity contribution in [3.05, 3.63) is 28.4 Å². The molecule has 8 heteroatoms. The van der Waals surface area contributed by atoms with Gasteiger partial charge in [0.2, 0.25) is 0 Å². The molecule has 1 atom stereocenters. The lowest BCUT2D eigenvalue weighted by molar-refractivity contribution is 0.0340. The van der Waals surface area contributed by atoms with Crippen molar-refractivity contribution in [3.63, 3.8) is 0 Å². The topological polar surface area (TPSA) is 79.8 Å². The van der Waals surface area contributed by atoms with Gasteiger partial charge in [0.05, 0.1) is 18.5 Å². The van der Waals surface area contributed by atoms with Crippen molar-refractivity contribution in [1.82, 2.24) is 25.1 Å². The summed E-state index contributed by atoms with van der Waals surface area (Å²) in [4.78, 5) is 18.7. The quantitative estimate of drug-likeness (QED) is 0.764. The lowest BCUT2D eigenvalue weighted by atomic mass is 9.97. The number of hydrogen-bond acceptors (Lipinski definition) is 7. The van der Waals surface area contributed by atoms with E-state index in [9.17, 15) is 0 Å². The number of nitrogens with zero attached hydrogens (tertiary/aromatic N) is 5. The van der Waals surface area contributed by atoms with Gasteiger partial charge in [-0.3, -0.25) is 5.10 Å². The van der Waals surface area contributed by atoms with Gasteiger partial charge in [-0.15, -0.1) is 11.3 Å². The smallest absolute Gasteiger partial charge is 0.181 e. The number of fused-ring (bicyclic) bond motifs is 3. The third kappa shape index (κ3) is 2.68. The number of morpholine rings is 1. The number of aryl methyl sites for hydroxylation is 3. The molecule has 26 heavy (non-hydrogen) atoms. The van der Waals surface area contributed by atoms with Crippen LogP contribution < -0.4 is 4.90 Å². The maximum atomic E-state index is 5.95. The minimum Gasteiger partial charge on any atom is -0.366 e. The van der Waals surface area contributed by atoms with Crippen LogP contribution in [-0.4, -0.2) is 44.8 Å². The number of nitrogens with one attached hydrogen (secondary N) is 1. The third-order valence-corrected chi connectivity index (χ3v) is 6.47. The number of aromatic nitrogens is 5. The third-order valence-electron chi connectivity index (χ3n) is 5.27. The molecule has 1 N–H and O–H groups in total. The molecule has 0 saturated carbocycles. The van der Waals surface area contributed by atoms with Gasteiger partial charge in [-0.2, -0.15) is 5.10 Å². The van der Waals surface area contributed by atoms with E-state index in [0.717, 1.165) is 48.2 Å². The zero-order chi connectivity index (χ0) is 17.5. The SMILES string of the molecule is CCc1nc(C2CN(c3ncnc4sc5c(c34)CCCC5)CCO2)n[nH]1. The number of ether oxygens (including phenoxy) is 1. The molecule has 3 aromatic heterocycles. The van der Waals surface area contributed by atoms with E-state index in [1.165, 1.54) is 35.1 Å². The van der Waals surface area contributed by atoms with Gasteiger partial charge < -0.3 is 9.64 Å². The molecule has 1 saturated heterocycles. The molecule has 0 amide bonds. The number of thiophene rings is 1. The van der Waals surface area contributed by atoms with Crippen molar-refractivity contribution in [2.45, 2.75) is 45.1 Å². The highest BCUT2D eigenvalue weighted by atomic mass is 32.1. The van der Waals surface area contributed by atoms with Crippen LogP contribution >= 0.6 is 11.3 Å².